The van der Waals surface area contributed by atoms with Crippen LogP contribution >= 0.6 is 0 Å². The van der Waals surface area contributed by atoms with Gasteiger partial charge in [-0.15, -0.1) is 0 Å². The number of carbonyl (C=O) groups excluding carboxylic acids is 1. The Morgan fingerprint density at radius 3 is 2.78 bits per heavy atom. The van der Waals surface area contributed by atoms with Crippen molar-refractivity contribution in [2.75, 3.05) is 18.5 Å². The number of anilines is 1. The molecule has 0 radical (unpaired) electrons. The molecule has 0 aliphatic carbocycles. The van der Waals surface area contributed by atoms with Gasteiger partial charge < -0.3 is 10.6 Å². The van der Waals surface area contributed by atoms with E-state index in [2.05, 4.69) is 25.1 Å². The Morgan fingerprint density at radius 2 is 2.11 bits per heavy atom. The monoisotopic (exact) mass is 246 g/mol. The molecule has 2 rings (SSSR count). The Hall–Kier alpha value is -1.35. The molecule has 1 atom stereocenters. The van der Waals surface area contributed by atoms with E-state index in [0.29, 0.717) is 0 Å². The summed E-state index contributed by atoms with van der Waals surface area (Å²) in [6, 6.07) is 6.43. The Kier molecular flexibility index (Phi) is 4.02. The van der Waals surface area contributed by atoms with Gasteiger partial charge in [-0.25, -0.2) is 0 Å². The largest absolute Gasteiger partial charge is 0.330 e. The van der Waals surface area contributed by atoms with Gasteiger partial charge in [0.1, 0.15) is 0 Å². The highest BCUT2D eigenvalue weighted by Gasteiger charge is 2.33. The maximum Gasteiger partial charge on any atom is 0.234 e. The zero-order valence-corrected chi connectivity index (χ0v) is 11.3. The molecular formula is C15H22N2O. The summed E-state index contributed by atoms with van der Waals surface area (Å²) in [6.07, 6.45) is 4.12. The molecule has 1 aliphatic rings. The van der Waals surface area contributed by atoms with Crippen LogP contribution in [-0.4, -0.2) is 19.5 Å². The van der Waals surface area contributed by atoms with Crippen molar-refractivity contribution in [2.24, 2.45) is 5.73 Å². The van der Waals surface area contributed by atoms with Gasteiger partial charge in [0.15, 0.2) is 0 Å². The lowest BCUT2D eigenvalue weighted by atomic mass is 9.95. The number of carbonyl (C=O) groups is 1. The Bertz CT molecular complexity index is 442. The van der Waals surface area contributed by atoms with Crippen LogP contribution in [0.3, 0.4) is 0 Å². The fourth-order valence-corrected chi connectivity index (χ4v) is 2.70. The number of hydrogen-bond donors (Lipinski definition) is 1. The zero-order chi connectivity index (χ0) is 13.1. The molecule has 0 saturated heterocycles. The Morgan fingerprint density at radius 1 is 1.33 bits per heavy atom. The number of hydrogen-bond acceptors (Lipinski definition) is 2. The van der Waals surface area contributed by atoms with Crippen LogP contribution in [0, 0.1) is 0 Å². The molecule has 0 spiro atoms. The number of aryl methyl sites for hydroxylation is 1. The average molecular weight is 246 g/mol. The highest BCUT2D eigenvalue weighted by atomic mass is 16.2. The molecule has 0 aromatic heterocycles. The molecule has 1 aromatic carbocycles. The molecular weight excluding hydrogens is 224 g/mol. The smallest absolute Gasteiger partial charge is 0.234 e. The molecule has 1 aliphatic heterocycles. The van der Waals surface area contributed by atoms with Gasteiger partial charge in [-0.3, -0.25) is 4.79 Å². The predicted molar refractivity (Wildman–Crippen MR) is 74.9 cm³/mol. The van der Waals surface area contributed by atoms with Crippen molar-refractivity contribution in [3.63, 3.8) is 0 Å². The predicted octanol–water partition coefficient (Wildman–Crippen LogP) is 2.44. The summed E-state index contributed by atoms with van der Waals surface area (Å²) in [5.74, 6) is 0.283. The first-order chi connectivity index (χ1) is 8.69. The Balaban J connectivity index is 2.21. The lowest BCUT2D eigenvalue weighted by molar-refractivity contribution is -0.119. The maximum atomic E-state index is 12.1. The molecule has 1 heterocycles. The van der Waals surface area contributed by atoms with Crippen LogP contribution in [0.15, 0.2) is 18.2 Å². The number of rotatable bonds is 5. The summed E-state index contributed by atoms with van der Waals surface area (Å²) in [4.78, 5) is 13.9. The third kappa shape index (κ3) is 2.27. The summed E-state index contributed by atoms with van der Waals surface area (Å²) in [5.41, 5.74) is 9.12. The SMILES string of the molecule is CCC1C(=O)N(C)c2ccc(CCCCN)cc21. The normalized spacial score (nSPS) is 18.3. The molecule has 0 bridgehead atoms. The van der Waals surface area contributed by atoms with Gasteiger partial charge in [-0.1, -0.05) is 19.1 Å². The topological polar surface area (TPSA) is 46.3 Å². The number of likely N-dealkylation sites (N-methyl/N-ethyl adjacent to an activating group) is 1. The summed E-state index contributed by atoms with van der Waals surface area (Å²) in [5, 5.41) is 0. The number of unbranched alkanes of at least 4 members (excludes halogenated alkanes) is 1. The minimum atomic E-state index is 0.0551. The standard InChI is InChI=1S/C15H22N2O/c1-3-12-13-10-11(6-4-5-9-16)7-8-14(13)17(2)15(12)18/h7-8,10,12H,3-6,9,16H2,1-2H3. The van der Waals surface area contributed by atoms with Crippen LogP contribution in [0.1, 0.15) is 43.2 Å². The molecule has 3 heteroatoms. The Labute approximate surface area is 109 Å². The van der Waals surface area contributed by atoms with E-state index < -0.39 is 0 Å². The van der Waals surface area contributed by atoms with Gasteiger partial charge in [-0.05, 0) is 49.4 Å². The number of amides is 1. The van der Waals surface area contributed by atoms with Crippen LogP contribution in [0.4, 0.5) is 5.69 Å². The second-order valence-electron chi connectivity index (χ2n) is 5.00. The van der Waals surface area contributed by atoms with E-state index in [9.17, 15) is 4.79 Å². The van der Waals surface area contributed by atoms with Gasteiger partial charge in [0.05, 0.1) is 5.92 Å². The van der Waals surface area contributed by atoms with Crippen LogP contribution in [0.5, 0.6) is 0 Å². The number of nitrogens with zero attached hydrogens (tertiary/aromatic N) is 1. The summed E-state index contributed by atoms with van der Waals surface area (Å²) < 4.78 is 0. The molecule has 0 saturated carbocycles. The lowest BCUT2D eigenvalue weighted by Gasteiger charge is -2.10. The molecule has 98 valence electrons. The fraction of sp³-hybridized carbons (Fsp3) is 0.533. The van der Waals surface area contributed by atoms with Crippen molar-refractivity contribution in [3.8, 4) is 0 Å². The van der Waals surface area contributed by atoms with Crippen LogP contribution in [0.25, 0.3) is 0 Å². The number of nitrogens with two attached hydrogens (primary N) is 1. The second kappa shape index (κ2) is 5.53. The summed E-state index contributed by atoms with van der Waals surface area (Å²) in [7, 11) is 1.87. The fourth-order valence-electron chi connectivity index (χ4n) is 2.70. The molecule has 3 nitrogen and oxygen atoms in total. The minimum Gasteiger partial charge on any atom is -0.330 e. The lowest BCUT2D eigenvalue weighted by Crippen LogP contribution is -2.23. The van der Waals surface area contributed by atoms with Gasteiger partial charge in [0, 0.05) is 12.7 Å². The quantitative estimate of drug-likeness (QED) is 0.811. The van der Waals surface area contributed by atoms with Gasteiger partial charge in [-0.2, -0.15) is 0 Å². The van der Waals surface area contributed by atoms with E-state index in [1.807, 2.05) is 7.05 Å². The van der Waals surface area contributed by atoms with Crippen molar-refractivity contribution >= 4 is 11.6 Å². The van der Waals surface area contributed by atoms with Crippen molar-refractivity contribution in [2.45, 2.75) is 38.5 Å². The van der Waals surface area contributed by atoms with E-state index in [1.54, 1.807) is 4.90 Å². The first-order valence-corrected chi connectivity index (χ1v) is 6.79. The van der Waals surface area contributed by atoms with Gasteiger partial charge in [0.25, 0.3) is 0 Å². The van der Waals surface area contributed by atoms with Crippen LogP contribution in [-0.2, 0) is 11.2 Å². The minimum absolute atomic E-state index is 0.0551. The van der Waals surface area contributed by atoms with E-state index in [4.69, 9.17) is 5.73 Å². The van der Waals surface area contributed by atoms with Crippen LogP contribution < -0.4 is 10.6 Å². The van der Waals surface area contributed by atoms with E-state index in [0.717, 1.165) is 37.9 Å². The van der Waals surface area contributed by atoms with E-state index >= 15 is 0 Å². The molecule has 1 amide bonds. The third-order valence-electron chi connectivity index (χ3n) is 3.79. The molecule has 2 N–H and O–H groups in total. The van der Waals surface area contributed by atoms with Gasteiger partial charge in [0.2, 0.25) is 5.91 Å². The molecule has 1 unspecified atom stereocenters. The van der Waals surface area contributed by atoms with E-state index in [-0.39, 0.29) is 11.8 Å². The second-order valence-corrected chi connectivity index (χ2v) is 5.00. The van der Waals surface area contributed by atoms with Crippen molar-refractivity contribution < 1.29 is 4.79 Å². The zero-order valence-electron chi connectivity index (χ0n) is 11.3. The van der Waals surface area contributed by atoms with E-state index in [1.165, 1.54) is 11.1 Å². The maximum absolute atomic E-state index is 12.1. The third-order valence-corrected chi connectivity index (χ3v) is 3.79. The molecule has 18 heavy (non-hydrogen) atoms. The highest BCUT2D eigenvalue weighted by molar-refractivity contribution is 6.04. The summed E-state index contributed by atoms with van der Waals surface area (Å²) >= 11 is 0. The van der Waals surface area contributed by atoms with Crippen molar-refractivity contribution in [3.05, 3.63) is 29.3 Å². The van der Waals surface area contributed by atoms with Crippen molar-refractivity contribution in [1.29, 1.82) is 0 Å². The van der Waals surface area contributed by atoms with Crippen LogP contribution in [0.2, 0.25) is 0 Å². The number of fused-ring (bicyclic) bond motifs is 1. The van der Waals surface area contributed by atoms with Crippen molar-refractivity contribution in [1.82, 2.24) is 0 Å². The highest BCUT2D eigenvalue weighted by Crippen LogP contribution is 2.38. The average Bonchev–Trinajstić information content (AvgIpc) is 2.62. The van der Waals surface area contributed by atoms with Gasteiger partial charge >= 0.3 is 0 Å². The molecule has 0 fully saturated rings. The molecule has 1 aromatic rings. The first-order valence-electron chi connectivity index (χ1n) is 6.79. The first kappa shape index (κ1) is 13.1. The number of benzene rings is 1. The summed E-state index contributed by atoms with van der Waals surface area (Å²) in [6.45, 7) is 2.83.